The highest BCUT2D eigenvalue weighted by atomic mass is 35.5. The number of ether oxygens (including phenoxy) is 1. The number of hydrogen-bond donors (Lipinski definition) is 1. The Morgan fingerprint density at radius 3 is 2.50 bits per heavy atom. The fourth-order valence-electron chi connectivity index (χ4n) is 3.37. The van der Waals surface area contributed by atoms with Gasteiger partial charge >= 0.3 is 5.97 Å². The molecule has 0 aliphatic rings. The first-order valence-electron chi connectivity index (χ1n) is 10.3. The number of halogens is 1. The normalized spacial score (nSPS) is 10.8. The van der Waals surface area contributed by atoms with Gasteiger partial charge in [-0.15, -0.1) is 0 Å². The van der Waals surface area contributed by atoms with E-state index in [1.165, 1.54) is 7.11 Å². The van der Waals surface area contributed by atoms with Crippen LogP contribution in [-0.4, -0.2) is 34.3 Å². The number of benzene rings is 3. The van der Waals surface area contributed by atoms with Gasteiger partial charge in [0.05, 0.1) is 41.6 Å². The number of carbonyl (C=O) groups excluding carboxylic acids is 2. The maximum Gasteiger partial charge on any atom is 0.339 e. The van der Waals surface area contributed by atoms with Crippen LogP contribution in [0.5, 0.6) is 0 Å². The van der Waals surface area contributed by atoms with E-state index < -0.39 is 5.97 Å². The molecule has 0 aliphatic heterocycles. The molecule has 7 nitrogen and oxygen atoms in total. The summed E-state index contributed by atoms with van der Waals surface area (Å²) in [5.41, 5.74) is 1.84. The third-order valence-electron chi connectivity index (χ3n) is 5.02. The molecular weight excluding hydrogens is 474 g/mol. The lowest BCUT2D eigenvalue weighted by Gasteiger charge is -2.14. The Hall–Kier alpha value is -3.62. The molecule has 0 atom stereocenters. The van der Waals surface area contributed by atoms with E-state index in [1.807, 2.05) is 18.2 Å². The Kier molecular flexibility index (Phi) is 7.30. The number of rotatable bonds is 7. The highest BCUT2D eigenvalue weighted by Crippen LogP contribution is 2.21. The van der Waals surface area contributed by atoms with Crippen molar-refractivity contribution in [2.75, 3.05) is 18.2 Å². The van der Waals surface area contributed by atoms with Gasteiger partial charge in [0.25, 0.3) is 5.56 Å². The fourth-order valence-corrected chi connectivity index (χ4v) is 4.29. The predicted octanol–water partition coefficient (Wildman–Crippen LogP) is 4.62. The molecule has 3 aromatic carbocycles. The van der Waals surface area contributed by atoms with Gasteiger partial charge in [-0.25, -0.2) is 9.78 Å². The summed E-state index contributed by atoms with van der Waals surface area (Å²) in [6, 6.07) is 20.9. The van der Waals surface area contributed by atoms with Crippen LogP contribution in [0.1, 0.15) is 15.9 Å². The van der Waals surface area contributed by atoms with Crippen molar-refractivity contribution in [2.45, 2.75) is 11.7 Å². The maximum absolute atomic E-state index is 13.2. The molecule has 0 fully saturated rings. The second-order valence-electron chi connectivity index (χ2n) is 7.30. The Labute approximate surface area is 204 Å². The molecule has 0 unspecified atom stereocenters. The van der Waals surface area contributed by atoms with Gasteiger partial charge in [0, 0.05) is 5.02 Å². The van der Waals surface area contributed by atoms with Crippen LogP contribution in [0.4, 0.5) is 5.69 Å². The summed E-state index contributed by atoms with van der Waals surface area (Å²) in [5.74, 6) is -0.903. The minimum atomic E-state index is -0.545. The van der Waals surface area contributed by atoms with Gasteiger partial charge < -0.3 is 10.1 Å². The monoisotopic (exact) mass is 493 g/mol. The minimum absolute atomic E-state index is 0.0130. The van der Waals surface area contributed by atoms with E-state index >= 15 is 0 Å². The number of amides is 1. The molecule has 0 saturated heterocycles. The number of thioether (sulfide) groups is 1. The van der Waals surface area contributed by atoms with Crippen LogP contribution in [0.2, 0.25) is 5.02 Å². The van der Waals surface area contributed by atoms with Crippen molar-refractivity contribution < 1.29 is 14.3 Å². The summed E-state index contributed by atoms with van der Waals surface area (Å²) < 4.78 is 6.32. The van der Waals surface area contributed by atoms with Crippen molar-refractivity contribution in [1.82, 2.24) is 9.55 Å². The van der Waals surface area contributed by atoms with E-state index in [0.717, 1.165) is 17.3 Å². The van der Waals surface area contributed by atoms with Gasteiger partial charge in [0.15, 0.2) is 5.16 Å². The third kappa shape index (κ3) is 5.30. The number of para-hydroxylation sites is 2. The molecule has 4 rings (SSSR count). The lowest BCUT2D eigenvalue weighted by atomic mass is 10.2. The molecule has 4 aromatic rings. The van der Waals surface area contributed by atoms with Crippen LogP contribution >= 0.6 is 23.4 Å². The number of nitrogens with zero attached hydrogens (tertiary/aromatic N) is 2. The lowest BCUT2D eigenvalue weighted by Crippen LogP contribution is -2.25. The number of esters is 1. The molecule has 0 bridgehead atoms. The van der Waals surface area contributed by atoms with Gasteiger partial charge in [-0.2, -0.15) is 0 Å². The molecule has 1 amide bonds. The first-order chi connectivity index (χ1) is 16.5. The first-order valence-corrected chi connectivity index (χ1v) is 11.7. The van der Waals surface area contributed by atoms with E-state index in [-0.39, 0.29) is 29.3 Å². The zero-order chi connectivity index (χ0) is 24.1. The van der Waals surface area contributed by atoms with E-state index in [9.17, 15) is 14.4 Å². The lowest BCUT2D eigenvalue weighted by molar-refractivity contribution is -0.113. The molecule has 1 N–H and O–H groups in total. The number of hydrogen-bond acceptors (Lipinski definition) is 6. The molecule has 34 heavy (non-hydrogen) atoms. The molecule has 0 saturated carbocycles. The summed E-state index contributed by atoms with van der Waals surface area (Å²) in [4.78, 5) is 42.5. The summed E-state index contributed by atoms with van der Waals surface area (Å²) in [5, 5.41) is 4.25. The standard InChI is InChI=1S/C25H20ClN3O4S/c1-33-24(32)19-7-3-5-9-21(19)27-22(30)15-34-25-28-20-8-4-2-6-18(20)23(31)29(25)14-16-10-12-17(26)13-11-16/h2-13H,14-15H2,1H3,(H,27,30). The van der Waals surface area contributed by atoms with Crippen molar-refractivity contribution in [3.8, 4) is 0 Å². The predicted molar refractivity (Wildman–Crippen MR) is 134 cm³/mol. The van der Waals surface area contributed by atoms with Crippen molar-refractivity contribution in [1.29, 1.82) is 0 Å². The molecule has 1 aromatic heterocycles. The van der Waals surface area contributed by atoms with Crippen molar-refractivity contribution >= 4 is 51.8 Å². The van der Waals surface area contributed by atoms with Gasteiger partial charge in [-0.05, 0) is 42.0 Å². The summed E-state index contributed by atoms with van der Waals surface area (Å²) in [7, 11) is 1.28. The number of carbonyl (C=O) groups is 2. The smallest absolute Gasteiger partial charge is 0.339 e. The van der Waals surface area contributed by atoms with Crippen molar-refractivity contribution in [3.63, 3.8) is 0 Å². The molecule has 1 heterocycles. The first kappa shape index (κ1) is 23.5. The zero-order valence-corrected chi connectivity index (χ0v) is 19.7. The Morgan fingerprint density at radius 2 is 1.74 bits per heavy atom. The molecule has 0 aliphatic carbocycles. The van der Waals surface area contributed by atoms with Crippen LogP contribution in [0.15, 0.2) is 82.7 Å². The van der Waals surface area contributed by atoms with Gasteiger partial charge in [-0.3, -0.25) is 14.2 Å². The van der Waals surface area contributed by atoms with Crippen molar-refractivity contribution in [2.24, 2.45) is 0 Å². The Morgan fingerprint density at radius 1 is 1.03 bits per heavy atom. The molecule has 0 radical (unpaired) electrons. The third-order valence-corrected chi connectivity index (χ3v) is 6.25. The van der Waals surface area contributed by atoms with E-state index in [1.54, 1.807) is 59.2 Å². The van der Waals surface area contributed by atoms with Gasteiger partial charge in [-0.1, -0.05) is 59.8 Å². The molecule has 9 heteroatoms. The average Bonchev–Trinajstić information content (AvgIpc) is 2.86. The van der Waals surface area contributed by atoms with Gasteiger partial charge in [0.2, 0.25) is 5.91 Å². The van der Waals surface area contributed by atoms with Crippen LogP contribution in [0.3, 0.4) is 0 Å². The highest BCUT2D eigenvalue weighted by Gasteiger charge is 2.16. The highest BCUT2D eigenvalue weighted by molar-refractivity contribution is 7.99. The van der Waals surface area contributed by atoms with Crippen LogP contribution in [0, 0.1) is 0 Å². The summed E-state index contributed by atoms with van der Waals surface area (Å²) in [6.07, 6.45) is 0. The molecule has 172 valence electrons. The second kappa shape index (κ2) is 10.5. The zero-order valence-electron chi connectivity index (χ0n) is 18.2. The molecular formula is C25H20ClN3O4S. The van der Waals surface area contributed by atoms with E-state index in [0.29, 0.717) is 26.8 Å². The quantitative estimate of drug-likeness (QED) is 0.229. The summed E-state index contributed by atoms with van der Waals surface area (Å²) >= 11 is 7.13. The number of fused-ring (bicyclic) bond motifs is 1. The fraction of sp³-hybridized carbons (Fsp3) is 0.120. The largest absolute Gasteiger partial charge is 0.465 e. The summed E-state index contributed by atoms with van der Waals surface area (Å²) in [6.45, 7) is 0.281. The maximum atomic E-state index is 13.2. The van der Waals surface area contributed by atoms with Gasteiger partial charge in [0.1, 0.15) is 0 Å². The Balaban J connectivity index is 1.60. The minimum Gasteiger partial charge on any atom is -0.465 e. The van der Waals surface area contributed by atoms with Crippen LogP contribution in [0.25, 0.3) is 10.9 Å². The van der Waals surface area contributed by atoms with Crippen molar-refractivity contribution in [3.05, 3.63) is 99.3 Å². The second-order valence-corrected chi connectivity index (χ2v) is 8.68. The van der Waals surface area contributed by atoms with Crippen LogP contribution in [-0.2, 0) is 16.1 Å². The number of methoxy groups -OCH3 is 1. The number of aromatic nitrogens is 2. The Bertz CT molecular complexity index is 1420. The topological polar surface area (TPSA) is 90.3 Å². The number of anilines is 1. The SMILES string of the molecule is COC(=O)c1ccccc1NC(=O)CSc1nc2ccccc2c(=O)n1Cc1ccc(Cl)cc1. The van der Waals surface area contributed by atoms with Crippen LogP contribution < -0.4 is 10.9 Å². The average molecular weight is 494 g/mol. The number of nitrogens with one attached hydrogen (secondary N) is 1. The molecule has 0 spiro atoms. The van der Waals surface area contributed by atoms with E-state index in [4.69, 9.17) is 16.3 Å². The van der Waals surface area contributed by atoms with E-state index in [2.05, 4.69) is 10.3 Å².